The molecule has 0 amide bonds. The molecule has 1 heterocycles. The molecule has 0 aromatic heterocycles. The van der Waals surface area contributed by atoms with Crippen LogP contribution in [0.4, 0.5) is 0 Å². The van der Waals surface area contributed by atoms with Gasteiger partial charge in [0.1, 0.15) is 5.71 Å². The van der Waals surface area contributed by atoms with Crippen molar-refractivity contribution in [2.45, 2.75) is 17.7 Å². The third kappa shape index (κ3) is 1.80. The second-order valence-corrected chi connectivity index (χ2v) is 3.85. The molecule has 0 aliphatic carbocycles. The third-order valence-electron chi connectivity index (χ3n) is 2.10. The summed E-state index contributed by atoms with van der Waals surface area (Å²) in [6.07, 6.45) is 1.27. The lowest BCUT2D eigenvalue weighted by molar-refractivity contribution is -0.129. The molecule has 0 fully saturated rings. The largest absolute Gasteiger partial charge is 0.477 e. The molecule has 1 N–H and O–H groups in total. The Hall–Kier alpha value is -1.29. The Morgan fingerprint density at radius 1 is 1.36 bits per heavy atom. The molecular weight excluding hydrogens is 198 g/mol. The van der Waals surface area contributed by atoms with E-state index < -0.39 is 5.97 Å². The molecule has 14 heavy (non-hydrogen) atoms. The van der Waals surface area contributed by atoms with Crippen LogP contribution in [0.2, 0.25) is 0 Å². The Kier molecular flexibility index (Phi) is 2.54. The smallest absolute Gasteiger partial charge is 0.350 e. The Labute approximate surface area is 86.0 Å². The first-order chi connectivity index (χ1) is 6.77. The maximum atomic E-state index is 10.7. The molecule has 4 heteroatoms. The summed E-state index contributed by atoms with van der Waals surface area (Å²) in [6, 6.07) is 7.88. The molecule has 0 spiro atoms. The minimum absolute atomic E-state index is 0.256. The van der Waals surface area contributed by atoms with Gasteiger partial charge in [0.2, 0.25) is 0 Å². The van der Waals surface area contributed by atoms with Gasteiger partial charge in [-0.15, -0.1) is 0 Å². The number of carbonyl (C=O) groups is 1. The van der Waals surface area contributed by atoms with Gasteiger partial charge in [-0.25, -0.2) is 9.19 Å². The molecular formula is C10H9NO2S. The van der Waals surface area contributed by atoms with E-state index in [0.29, 0.717) is 6.42 Å². The van der Waals surface area contributed by atoms with E-state index in [4.69, 9.17) is 5.11 Å². The highest BCUT2D eigenvalue weighted by molar-refractivity contribution is 7.98. The molecule has 1 aromatic rings. The summed E-state index contributed by atoms with van der Waals surface area (Å²) in [7, 11) is 0. The predicted molar refractivity (Wildman–Crippen MR) is 55.7 cm³/mol. The SMILES string of the molecule is O=C(O)C1=NSc2ccccc2CC1. The Morgan fingerprint density at radius 3 is 2.93 bits per heavy atom. The lowest BCUT2D eigenvalue weighted by atomic mass is 10.1. The quantitative estimate of drug-likeness (QED) is 0.718. The maximum Gasteiger partial charge on any atom is 0.350 e. The van der Waals surface area contributed by atoms with Crippen LogP contribution in [0.1, 0.15) is 12.0 Å². The number of benzene rings is 1. The lowest BCUT2D eigenvalue weighted by Crippen LogP contribution is -2.12. The zero-order valence-electron chi connectivity index (χ0n) is 7.43. The van der Waals surface area contributed by atoms with Crippen molar-refractivity contribution in [1.29, 1.82) is 0 Å². The molecule has 3 nitrogen and oxygen atoms in total. The van der Waals surface area contributed by atoms with Crippen LogP contribution in [-0.4, -0.2) is 16.8 Å². The van der Waals surface area contributed by atoms with Crippen molar-refractivity contribution in [1.82, 2.24) is 0 Å². The first-order valence-corrected chi connectivity index (χ1v) is 5.10. The Morgan fingerprint density at radius 2 is 2.14 bits per heavy atom. The monoisotopic (exact) mass is 207 g/mol. The highest BCUT2D eigenvalue weighted by Crippen LogP contribution is 2.28. The normalized spacial score (nSPS) is 15.3. The average molecular weight is 207 g/mol. The summed E-state index contributed by atoms with van der Waals surface area (Å²) in [5, 5.41) is 8.80. The first-order valence-electron chi connectivity index (χ1n) is 4.32. The minimum Gasteiger partial charge on any atom is -0.477 e. The standard InChI is InChI=1S/C10H9NO2S/c12-10(13)8-6-5-7-3-1-2-4-9(7)14-11-8/h1-4H,5-6H2,(H,12,13). The molecule has 0 saturated carbocycles. The summed E-state index contributed by atoms with van der Waals surface area (Å²) in [5.74, 6) is -0.912. The van der Waals surface area contributed by atoms with Crippen LogP contribution in [0.5, 0.6) is 0 Å². The van der Waals surface area contributed by atoms with E-state index >= 15 is 0 Å². The molecule has 2 rings (SSSR count). The van der Waals surface area contributed by atoms with Crippen molar-refractivity contribution < 1.29 is 9.90 Å². The number of aryl methyl sites for hydroxylation is 1. The van der Waals surface area contributed by atoms with Crippen molar-refractivity contribution >= 4 is 23.6 Å². The number of hydrogen-bond donors (Lipinski definition) is 1. The Balaban J connectivity index is 2.28. The van der Waals surface area contributed by atoms with Crippen LogP contribution in [-0.2, 0) is 11.2 Å². The van der Waals surface area contributed by atoms with Crippen LogP contribution >= 0.6 is 11.9 Å². The van der Waals surface area contributed by atoms with E-state index in [1.54, 1.807) is 0 Å². The first kappa shape index (κ1) is 9.27. The summed E-state index contributed by atoms with van der Waals surface area (Å²) in [4.78, 5) is 11.8. The van der Waals surface area contributed by atoms with E-state index in [2.05, 4.69) is 4.40 Å². The van der Waals surface area contributed by atoms with Gasteiger partial charge in [-0.05, 0) is 18.1 Å². The molecule has 0 bridgehead atoms. The van der Waals surface area contributed by atoms with Gasteiger partial charge in [0.15, 0.2) is 0 Å². The van der Waals surface area contributed by atoms with E-state index in [9.17, 15) is 4.79 Å². The number of fused-ring (bicyclic) bond motifs is 1. The van der Waals surface area contributed by atoms with Gasteiger partial charge in [-0.2, -0.15) is 0 Å². The number of aliphatic carboxylic acids is 1. The lowest BCUT2D eigenvalue weighted by Gasteiger charge is -2.00. The second-order valence-electron chi connectivity index (χ2n) is 3.04. The van der Waals surface area contributed by atoms with Crippen molar-refractivity contribution in [2.75, 3.05) is 0 Å². The summed E-state index contributed by atoms with van der Waals surface area (Å²) >= 11 is 1.25. The fourth-order valence-corrected chi connectivity index (χ4v) is 2.15. The van der Waals surface area contributed by atoms with E-state index in [-0.39, 0.29) is 5.71 Å². The van der Waals surface area contributed by atoms with Crippen LogP contribution in [0, 0.1) is 0 Å². The number of rotatable bonds is 1. The fourth-order valence-electron chi connectivity index (χ4n) is 1.35. The highest BCUT2D eigenvalue weighted by Gasteiger charge is 2.15. The molecule has 0 atom stereocenters. The van der Waals surface area contributed by atoms with Crippen molar-refractivity contribution in [3.05, 3.63) is 29.8 Å². The topological polar surface area (TPSA) is 49.7 Å². The average Bonchev–Trinajstić information content (AvgIpc) is 2.39. The fraction of sp³-hybridized carbons (Fsp3) is 0.200. The summed E-state index contributed by atoms with van der Waals surface area (Å²) < 4.78 is 4.00. The highest BCUT2D eigenvalue weighted by atomic mass is 32.2. The number of carboxylic acids is 1. The van der Waals surface area contributed by atoms with Crippen LogP contribution in [0.25, 0.3) is 0 Å². The summed E-state index contributed by atoms with van der Waals surface area (Å²) in [5.41, 5.74) is 1.43. The van der Waals surface area contributed by atoms with Gasteiger partial charge >= 0.3 is 5.97 Å². The van der Waals surface area contributed by atoms with Crippen LogP contribution in [0.15, 0.2) is 33.6 Å². The molecule has 1 aromatic carbocycles. The van der Waals surface area contributed by atoms with Crippen LogP contribution in [0.3, 0.4) is 0 Å². The van der Waals surface area contributed by atoms with E-state index in [1.165, 1.54) is 17.5 Å². The van der Waals surface area contributed by atoms with Gasteiger partial charge in [0, 0.05) is 23.3 Å². The van der Waals surface area contributed by atoms with Crippen molar-refractivity contribution in [3.8, 4) is 0 Å². The second kappa shape index (κ2) is 3.84. The van der Waals surface area contributed by atoms with Gasteiger partial charge < -0.3 is 5.11 Å². The molecule has 0 unspecified atom stereocenters. The number of nitrogens with zero attached hydrogens (tertiary/aromatic N) is 1. The van der Waals surface area contributed by atoms with Gasteiger partial charge in [-0.3, -0.25) is 0 Å². The number of carboxylic acid groups (broad SMARTS) is 1. The van der Waals surface area contributed by atoms with Gasteiger partial charge in [0.05, 0.1) is 0 Å². The van der Waals surface area contributed by atoms with Gasteiger partial charge in [0.25, 0.3) is 0 Å². The molecule has 0 radical (unpaired) electrons. The zero-order valence-corrected chi connectivity index (χ0v) is 8.25. The van der Waals surface area contributed by atoms with Crippen LogP contribution < -0.4 is 0 Å². The minimum atomic E-state index is -0.912. The molecule has 1 aliphatic rings. The molecule has 0 saturated heterocycles. The van der Waals surface area contributed by atoms with E-state index in [0.717, 1.165) is 11.3 Å². The zero-order chi connectivity index (χ0) is 9.97. The van der Waals surface area contributed by atoms with Crippen molar-refractivity contribution in [2.24, 2.45) is 4.40 Å². The van der Waals surface area contributed by atoms with Gasteiger partial charge in [-0.1, -0.05) is 18.2 Å². The maximum absolute atomic E-state index is 10.7. The summed E-state index contributed by atoms with van der Waals surface area (Å²) in [6.45, 7) is 0. The number of hydrogen-bond acceptors (Lipinski definition) is 3. The predicted octanol–water partition coefficient (Wildman–Crippen LogP) is 2.17. The molecule has 72 valence electrons. The van der Waals surface area contributed by atoms with E-state index in [1.807, 2.05) is 24.3 Å². The van der Waals surface area contributed by atoms with Crippen molar-refractivity contribution in [3.63, 3.8) is 0 Å². The third-order valence-corrected chi connectivity index (χ3v) is 3.01. The Bertz CT molecular complexity index is 401. The molecule has 1 aliphatic heterocycles.